The summed E-state index contributed by atoms with van der Waals surface area (Å²) < 4.78 is 17.2. The first kappa shape index (κ1) is 31.3. The molecule has 0 heterocycles. The molecular weight excluding hydrogens is 484 g/mol. The van der Waals surface area contributed by atoms with Crippen molar-refractivity contribution >= 4 is 0 Å². The molecule has 0 aromatic heterocycles. The fourth-order valence-corrected chi connectivity index (χ4v) is 9.62. The highest BCUT2D eigenvalue weighted by atomic mass is 16.5. The lowest BCUT2D eigenvalue weighted by Crippen LogP contribution is -2.51. The van der Waals surface area contributed by atoms with E-state index in [0.717, 1.165) is 41.9 Å². The maximum absolute atomic E-state index is 8.76. The molecule has 0 amide bonds. The summed E-state index contributed by atoms with van der Waals surface area (Å²) in [6.45, 7) is 17.7. The van der Waals surface area contributed by atoms with E-state index in [-0.39, 0.29) is 6.61 Å². The zero-order valence-electron chi connectivity index (χ0n) is 26.1. The third-order valence-corrected chi connectivity index (χ3v) is 11.9. The Morgan fingerprint density at radius 1 is 0.923 bits per heavy atom. The van der Waals surface area contributed by atoms with Crippen LogP contribution in [0.5, 0.6) is 0 Å². The molecule has 4 heteroatoms. The standard InChI is InChI=1S/C35H60O4/c1-7-27(25(2)3)9-8-26(4)31-12-13-32-30-11-10-28-24-29(39-23-22-38-21-20-37-19-18-36)14-16-34(28,5)33(30)15-17-35(31,32)6/h8-10,25-27,29-33,36H,7,11-24H2,1-6H3/b9-8+/t26-,27-,29+,30+,31-,32?,33-,34+,35-/m1/s1. The first-order chi connectivity index (χ1) is 18.7. The SMILES string of the molecule is CC[C@H](/C=C/[C@@H](C)[C@H]1CCC2[C@@H]3CC=C4C[C@@H](OCCOCCOCCO)CC[C@]4(C)[C@@H]3CC[C@@]21C)C(C)C. The Morgan fingerprint density at radius 3 is 2.38 bits per heavy atom. The van der Waals surface area contributed by atoms with Gasteiger partial charge in [0.05, 0.1) is 45.7 Å². The van der Waals surface area contributed by atoms with E-state index in [2.05, 4.69) is 59.8 Å². The van der Waals surface area contributed by atoms with E-state index in [1.165, 1.54) is 51.4 Å². The number of aliphatic hydroxyl groups excluding tert-OH is 1. The molecular formula is C35H60O4. The molecule has 0 bridgehead atoms. The highest BCUT2D eigenvalue weighted by Gasteiger charge is 2.59. The zero-order valence-corrected chi connectivity index (χ0v) is 26.1. The van der Waals surface area contributed by atoms with Crippen LogP contribution in [0.1, 0.15) is 99.3 Å². The van der Waals surface area contributed by atoms with Crippen LogP contribution in [0.2, 0.25) is 0 Å². The van der Waals surface area contributed by atoms with E-state index in [4.69, 9.17) is 19.3 Å². The van der Waals surface area contributed by atoms with Gasteiger partial charge in [-0.25, -0.2) is 0 Å². The van der Waals surface area contributed by atoms with Gasteiger partial charge in [-0.15, -0.1) is 0 Å². The van der Waals surface area contributed by atoms with Crippen LogP contribution in [0.3, 0.4) is 0 Å². The predicted molar refractivity (Wildman–Crippen MR) is 161 cm³/mol. The van der Waals surface area contributed by atoms with Crippen LogP contribution in [0, 0.1) is 52.3 Å². The van der Waals surface area contributed by atoms with Crippen molar-refractivity contribution in [3.05, 3.63) is 23.8 Å². The van der Waals surface area contributed by atoms with Crippen LogP contribution in [0.25, 0.3) is 0 Å². The van der Waals surface area contributed by atoms with Gasteiger partial charge in [0, 0.05) is 0 Å². The van der Waals surface area contributed by atoms with Crippen molar-refractivity contribution < 1.29 is 19.3 Å². The molecule has 4 aliphatic carbocycles. The molecule has 39 heavy (non-hydrogen) atoms. The van der Waals surface area contributed by atoms with Crippen molar-refractivity contribution in [1.29, 1.82) is 0 Å². The number of rotatable bonds is 14. The Hall–Kier alpha value is -0.680. The monoisotopic (exact) mass is 544 g/mol. The Bertz CT molecular complexity index is 819. The van der Waals surface area contributed by atoms with Crippen LogP contribution >= 0.6 is 0 Å². The highest BCUT2D eigenvalue weighted by molar-refractivity contribution is 5.25. The van der Waals surface area contributed by atoms with Gasteiger partial charge in [-0.05, 0) is 110 Å². The molecule has 4 aliphatic rings. The zero-order chi connectivity index (χ0) is 28.0. The van der Waals surface area contributed by atoms with Crippen LogP contribution in [0.4, 0.5) is 0 Å². The quantitative estimate of drug-likeness (QED) is 0.179. The average Bonchev–Trinajstić information content (AvgIpc) is 3.27. The van der Waals surface area contributed by atoms with Crippen molar-refractivity contribution in [3.63, 3.8) is 0 Å². The first-order valence-corrected chi connectivity index (χ1v) is 16.5. The number of allylic oxidation sites excluding steroid dienone is 3. The third-order valence-electron chi connectivity index (χ3n) is 11.9. The molecule has 0 saturated heterocycles. The molecule has 0 aliphatic heterocycles. The van der Waals surface area contributed by atoms with Gasteiger partial charge in [-0.2, -0.15) is 0 Å². The van der Waals surface area contributed by atoms with Gasteiger partial charge in [0.2, 0.25) is 0 Å². The van der Waals surface area contributed by atoms with E-state index < -0.39 is 0 Å². The van der Waals surface area contributed by atoms with Crippen LogP contribution in [-0.4, -0.2) is 50.9 Å². The molecule has 3 saturated carbocycles. The number of fused-ring (bicyclic) bond motifs is 5. The predicted octanol–water partition coefficient (Wildman–Crippen LogP) is 7.85. The first-order valence-electron chi connectivity index (χ1n) is 16.5. The van der Waals surface area contributed by atoms with Crippen molar-refractivity contribution in [2.75, 3.05) is 39.6 Å². The normalized spacial score (nSPS) is 37.8. The minimum absolute atomic E-state index is 0.0660. The highest BCUT2D eigenvalue weighted by Crippen LogP contribution is 2.67. The molecule has 224 valence electrons. The number of hydrogen-bond donors (Lipinski definition) is 1. The average molecular weight is 545 g/mol. The van der Waals surface area contributed by atoms with Crippen LogP contribution in [0.15, 0.2) is 23.8 Å². The summed E-state index contributed by atoms with van der Waals surface area (Å²) in [4.78, 5) is 0. The summed E-state index contributed by atoms with van der Waals surface area (Å²) in [6.07, 6.45) is 20.0. The fraction of sp³-hybridized carbons (Fsp3) is 0.886. The third kappa shape index (κ3) is 6.87. The largest absolute Gasteiger partial charge is 0.394 e. The van der Waals surface area contributed by atoms with Gasteiger partial charge in [0.1, 0.15) is 0 Å². The van der Waals surface area contributed by atoms with Gasteiger partial charge >= 0.3 is 0 Å². The van der Waals surface area contributed by atoms with Crippen LogP contribution in [-0.2, 0) is 14.2 Å². The van der Waals surface area contributed by atoms with E-state index in [0.29, 0.717) is 55.9 Å². The number of aliphatic hydroxyl groups is 1. The maximum atomic E-state index is 8.76. The fourth-order valence-electron chi connectivity index (χ4n) is 9.62. The van der Waals surface area contributed by atoms with Crippen molar-refractivity contribution in [2.24, 2.45) is 52.3 Å². The molecule has 4 nitrogen and oxygen atoms in total. The topological polar surface area (TPSA) is 47.9 Å². The lowest BCUT2D eigenvalue weighted by atomic mass is 9.47. The summed E-state index contributed by atoms with van der Waals surface area (Å²) in [5.41, 5.74) is 2.59. The lowest BCUT2D eigenvalue weighted by molar-refractivity contribution is -0.0669. The van der Waals surface area contributed by atoms with Crippen molar-refractivity contribution in [2.45, 2.75) is 105 Å². The van der Waals surface area contributed by atoms with E-state index in [9.17, 15) is 0 Å². The summed E-state index contributed by atoms with van der Waals surface area (Å²) in [5.74, 6) is 5.62. The van der Waals surface area contributed by atoms with Gasteiger partial charge in [-0.3, -0.25) is 0 Å². The van der Waals surface area contributed by atoms with Crippen LogP contribution < -0.4 is 0 Å². The van der Waals surface area contributed by atoms with E-state index in [1.807, 2.05) is 0 Å². The molecule has 1 unspecified atom stereocenters. The summed E-state index contributed by atoms with van der Waals surface area (Å²) in [7, 11) is 0. The minimum atomic E-state index is 0.0660. The van der Waals surface area contributed by atoms with Gasteiger partial charge in [0.25, 0.3) is 0 Å². The Morgan fingerprint density at radius 2 is 1.67 bits per heavy atom. The summed E-state index contributed by atoms with van der Waals surface area (Å²) in [6, 6.07) is 0. The number of ether oxygens (including phenoxy) is 3. The second-order valence-electron chi connectivity index (χ2n) is 14.2. The Kier molecular flexibility index (Phi) is 11.2. The van der Waals surface area contributed by atoms with Crippen molar-refractivity contribution in [3.8, 4) is 0 Å². The molecule has 3 fully saturated rings. The molecule has 1 N–H and O–H groups in total. The molecule has 0 radical (unpaired) electrons. The second kappa shape index (κ2) is 14.0. The maximum Gasteiger partial charge on any atom is 0.0704 e. The minimum Gasteiger partial charge on any atom is -0.394 e. The van der Waals surface area contributed by atoms with E-state index >= 15 is 0 Å². The van der Waals surface area contributed by atoms with Gasteiger partial charge in [0.15, 0.2) is 0 Å². The molecule has 0 aromatic rings. The lowest BCUT2D eigenvalue weighted by Gasteiger charge is -2.58. The summed E-state index contributed by atoms with van der Waals surface area (Å²) >= 11 is 0. The molecule has 0 spiro atoms. The summed E-state index contributed by atoms with van der Waals surface area (Å²) in [5, 5.41) is 8.76. The van der Waals surface area contributed by atoms with Gasteiger partial charge < -0.3 is 19.3 Å². The molecule has 9 atom stereocenters. The Labute approximate surface area is 240 Å². The number of hydrogen-bond acceptors (Lipinski definition) is 4. The second-order valence-corrected chi connectivity index (χ2v) is 14.2. The Balaban J connectivity index is 1.32. The van der Waals surface area contributed by atoms with Crippen molar-refractivity contribution in [1.82, 2.24) is 0 Å². The smallest absolute Gasteiger partial charge is 0.0704 e. The molecule has 0 aromatic carbocycles. The molecule has 4 rings (SSSR count). The van der Waals surface area contributed by atoms with Gasteiger partial charge in [-0.1, -0.05) is 65.3 Å². The van der Waals surface area contributed by atoms with E-state index in [1.54, 1.807) is 5.57 Å².